The molecule has 0 spiro atoms. The molecule has 0 radical (unpaired) electrons. The van der Waals surface area contributed by atoms with E-state index in [2.05, 4.69) is 45.4 Å². The third-order valence-corrected chi connectivity index (χ3v) is 3.89. The molecule has 24 heavy (non-hydrogen) atoms. The van der Waals surface area contributed by atoms with Crippen molar-refractivity contribution in [1.82, 2.24) is 16.0 Å². The monoisotopic (exact) mass is 466 g/mol. The molecular formula is C17H31IN4OS. The maximum absolute atomic E-state index is 11.8. The molecule has 138 valence electrons. The fourth-order valence-electron chi connectivity index (χ4n) is 2.07. The number of halogens is 1. The number of guanidine groups is 1. The summed E-state index contributed by atoms with van der Waals surface area (Å²) in [5.74, 6) is 1.12. The third-order valence-electron chi connectivity index (χ3n) is 2.99. The van der Waals surface area contributed by atoms with E-state index in [4.69, 9.17) is 0 Å². The Kier molecular flexibility index (Phi) is 11.3. The fraction of sp³-hybridized carbons (Fsp3) is 0.647. The molecule has 1 unspecified atom stereocenters. The maximum Gasteiger partial charge on any atom is 0.242 e. The van der Waals surface area contributed by atoms with Crippen LogP contribution in [0.2, 0.25) is 0 Å². The van der Waals surface area contributed by atoms with Gasteiger partial charge in [-0.3, -0.25) is 4.79 Å². The third kappa shape index (κ3) is 10.9. The van der Waals surface area contributed by atoms with Crippen molar-refractivity contribution < 1.29 is 4.79 Å². The Morgan fingerprint density at radius 3 is 2.58 bits per heavy atom. The van der Waals surface area contributed by atoms with Gasteiger partial charge in [0.15, 0.2) is 5.96 Å². The van der Waals surface area contributed by atoms with Crippen LogP contribution in [0.5, 0.6) is 0 Å². The number of aliphatic imine (C=N–C) groups is 1. The van der Waals surface area contributed by atoms with Crippen LogP contribution in [0.4, 0.5) is 0 Å². The second kappa shape index (κ2) is 11.7. The summed E-state index contributed by atoms with van der Waals surface area (Å²) in [4.78, 5) is 17.6. The number of hydrogen-bond acceptors (Lipinski definition) is 3. The first-order chi connectivity index (χ1) is 10.8. The van der Waals surface area contributed by atoms with E-state index in [1.807, 2.05) is 27.7 Å². The van der Waals surface area contributed by atoms with Crippen LogP contribution in [0.1, 0.15) is 39.5 Å². The van der Waals surface area contributed by atoms with Crippen LogP contribution >= 0.6 is 35.3 Å². The van der Waals surface area contributed by atoms with Crippen molar-refractivity contribution in [3.63, 3.8) is 0 Å². The van der Waals surface area contributed by atoms with Gasteiger partial charge in [-0.2, -0.15) is 0 Å². The molecule has 0 aliphatic carbocycles. The summed E-state index contributed by atoms with van der Waals surface area (Å²) >= 11 is 1.79. The van der Waals surface area contributed by atoms with E-state index in [-0.39, 0.29) is 42.0 Å². The van der Waals surface area contributed by atoms with Crippen LogP contribution in [-0.2, 0) is 11.2 Å². The van der Waals surface area contributed by atoms with Gasteiger partial charge in [-0.25, -0.2) is 4.99 Å². The first-order valence-corrected chi connectivity index (χ1v) is 9.03. The topological polar surface area (TPSA) is 65.5 Å². The number of thiophene rings is 1. The molecule has 0 bridgehead atoms. The minimum absolute atomic E-state index is 0. The molecule has 1 atom stereocenters. The van der Waals surface area contributed by atoms with Crippen molar-refractivity contribution in [2.75, 3.05) is 19.6 Å². The van der Waals surface area contributed by atoms with Crippen molar-refractivity contribution in [3.05, 3.63) is 22.4 Å². The van der Waals surface area contributed by atoms with Gasteiger partial charge >= 0.3 is 0 Å². The van der Waals surface area contributed by atoms with Crippen LogP contribution in [0.3, 0.4) is 0 Å². The van der Waals surface area contributed by atoms with Crippen molar-refractivity contribution in [2.24, 2.45) is 10.9 Å². The second-order valence-electron chi connectivity index (χ2n) is 6.76. The summed E-state index contributed by atoms with van der Waals surface area (Å²) in [7, 11) is 0. The maximum atomic E-state index is 11.8. The van der Waals surface area contributed by atoms with Crippen LogP contribution in [0.15, 0.2) is 22.5 Å². The molecule has 1 amide bonds. The lowest BCUT2D eigenvalue weighted by Crippen LogP contribution is -2.43. The molecule has 1 aromatic heterocycles. The van der Waals surface area contributed by atoms with Gasteiger partial charge in [0.2, 0.25) is 5.91 Å². The van der Waals surface area contributed by atoms with Gasteiger partial charge < -0.3 is 16.0 Å². The number of carbonyl (C=O) groups excluding carboxylic acids is 1. The molecule has 0 aliphatic rings. The van der Waals surface area contributed by atoms with Crippen molar-refractivity contribution >= 4 is 47.2 Å². The predicted octanol–water partition coefficient (Wildman–Crippen LogP) is 3.01. The molecule has 1 heterocycles. The lowest BCUT2D eigenvalue weighted by Gasteiger charge is -2.20. The van der Waals surface area contributed by atoms with Crippen LogP contribution in [0.25, 0.3) is 0 Å². The molecule has 1 rings (SSSR count). The molecule has 3 N–H and O–H groups in total. The zero-order chi connectivity index (χ0) is 17.3. The molecule has 0 fully saturated rings. The van der Waals surface area contributed by atoms with E-state index >= 15 is 0 Å². The van der Waals surface area contributed by atoms with Gasteiger partial charge in [0.05, 0.1) is 0 Å². The van der Waals surface area contributed by atoms with E-state index in [1.165, 1.54) is 4.88 Å². The van der Waals surface area contributed by atoms with E-state index in [0.29, 0.717) is 11.9 Å². The lowest BCUT2D eigenvalue weighted by atomic mass is 10.1. The summed E-state index contributed by atoms with van der Waals surface area (Å²) in [6.45, 7) is 11.8. The average Bonchev–Trinajstić information content (AvgIpc) is 2.93. The summed E-state index contributed by atoms with van der Waals surface area (Å²) < 4.78 is 0. The highest BCUT2D eigenvalue weighted by molar-refractivity contribution is 14.0. The molecule has 0 aliphatic heterocycles. The van der Waals surface area contributed by atoms with Gasteiger partial charge in [-0.15, -0.1) is 35.3 Å². The van der Waals surface area contributed by atoms with Crippen molar-refractivity contribution in [2.45, 2.75) is 46.6 Å². The molecule has 0 saturated carbocycles. The van der Waals surface area contributed by atoms with E-state index in [0.717, 1.165) is 19.5 Å². The summed E-state index contributed by atoms with van der Waals surface area (Å²) in [6.07, 6.45) is 1.05. The van der Waals surface area contributed by atoms with E-state index in [1.54, 1.807) is 11.3 Å². The molecule has 0 aromatic carbocycles. The van der Waals surface area contributed by atoms with E-state index < -0.39 is 0 Å². The second-order valence-corrected chi connectivity index (χ2v) is 7.80. The van der Waals surface area contributed by atoms with Crippen LogP contribution in [-0.4, -0.2) is 37.0 Å². The number of nitrogens with one attached hydrogen (secondary N) is 3. The molecular weight excluding hydrogens is 435 g/mol. The summed E-state index contributed by atoms with van der Waals surface area (Å²) in [5, 5.41) is 11.5. The van der Waals surface area contributed by atoms with Gasteiger partial charge in [0.25, 0.3) is 0 Å². The van der Waals surface area contributed by atoms with Gasteiger partial charge in [0, 0.05) is 23.5 Å². The van der Waals surface area contributed by atoms with Gasteiger partial charge in [0.1, 0.15) is 6.54 Å². The fourth-order valence-corrected chi connectivity index (χ4v) is 2.94. The number of carbonyl (C=O) groups is 1. The zero-order valence-electron chi connectivity index (χ0n) is 15.3. The highest BCUT2D eigenvalue weighted by Gasteiger charge is 2.13. The van der Waals surface area contributed by atoms with Crippen LogP contribution < -0.4 is 16.0 Å². The smallest absolute Gasteiger partial charge is 0.242 e. The Labute approximate surface area is 167 Å². The van der Waals surface area contributed by atoms with Crippen molar-refractivity contribution in [3.8, 4) is 0 Å². The molecule has 1 aromatic rings. The first-order valence-electron chi connectivity index (χ1n) is 8.15. The lowest BCUT2D eigenvalue weighted by molar-refractivity contribution is -0.121. The first kappa shape index (κ1) is 23.2. The minimum atomic E-state index is -0.229. The standard InChI is InChI=1S/C17H30N4OS.HI/c1-6-18-16(20-12-15(22)21-17(3,4)5)19-11-13(2)10-14-8-7-9-23-14;/h7-9,13H,6,10-12H2,1-5H3,(H,21,22)(H2,18,19,20);1H. The average molecular weight is 466 g/mol. The van der Waals surface area contributed by atoms with E-state index in [9.17, 15) is 4.79 Å². The Balaban J connectivity index is 0.00000529. The van der Waals surface area contributed by atoms with Crippen LogP contribution in [0, 0.1) is 5.92 Å². The quantitative estimate of drug-likeness (QED) is 0.329. The summed E-state index contributed by atoms with van der Waals surface area (Å²) in [6, 6.07) is 4.25. The van der Waals surface area contributed by atoms with Gasteiger partial charge in [-0.1, -0.05) is 13.0 Å². The molecule has 5 nitrogen and oxygen atoms in total. The highest BCUT2D eigenvalue weighted by Crippen LogP contribution is 2.13. The largest absolute Gasteiger partial charge is 0.357 e. The predicted molar refractivity (Wildman–Crippen MR) is 114 cm³/mol. The number of amides is 1. The SMILES string of the molecule is CCNC(=NCC(=O)NC(C)(C)C)NCC(C)Cc1cccs1.I. The van der Waals surface area contributed by atoms with Gasteiger partial charge in [-0.05, 0) is 51.5 Å². The Hall–Kier alpha value is -0.830. The number of hydrogen-bond donors (Lipinski definition) is 3. The minimum Gasteiger partial charge on any atom is -0.357 e. The zero-order valence-corrected chi connectivity index (χ0v) is 18.5. The Bertz CT molecular complexity index is 497. The molecule has 0 saturated heterocycles. The summed E-state index contributed by atoms with van der Waals surface area (Å²) in [5.41, 5.74) is -0.229. The Morgan fingerprint density at radius 1 is 1.33 bits per heavy atom. The number of rotatable bonds is 7. The Morgan fingerprint density at radius 2 is 2.04 bits per heavy atom. The molecule has 7 heteroatoms. The highest BCUT2D eigenvalue weighted by atomic mass is 127. The van der Waals surface area contributed by atoms with Crippen molar-refractivity contribution in [1.29, 1.82) is 0 Å². The number of nitrogens with zero attached hydrogens (tertiary/aromatic N) is 1. The normalized spacial score (nSPS) is 13.0.